The summed E-state index contributed by atoms with van der Waals surface area (Å²) >= 11 is 2.20. The maximum atomic E-state index is 12.2. The molecular formula is C28H29BIN5O4. The van der Waals surface area contributed by atoms with Crippen molar-refractivity contribution in [1.29, 1.82) is 0 Å². The zero-order valence-corrected chi connectivity index (χ0v) is 24.0. The topological polar surface area (TPSA) is 129 Å². The van der Waals surface area contributed by atoms with Gasteiger partial charge >= 0.3 is 13.2 Å². The Balaban J connectivity index is 0.000000153. The molecule has 0 radical (unpaired) electrons. The van der Waals surface area contributed by atoms with Gasteiger partial charge in [0.05, 0.1) is 38.7 Å². The molecule has 3 aromatic heterocycles. The van der Waals surface area contributed by atoms with Gasteiger partial charge in [-0.1, -0.05) is 36.4 Å². The minimum Gasteiger partial charge on any atom is -0.443 e. The molecule has 0 fully saturated rings. The molecule has 0 saturated heterocycles. The number of halogens is 1. The van der Waals surface area contributed by atoms with Crippen LogP contribution in [0.25, 0.3) is 33.2 Å². The number of nitrogens with one attached hydrogen (secondary N) is 2. The molecule has 0 bridgehead atoms. The Morgan fingerprint density at radius 3 is 2.33 bits per heavy atom. The number of aliphatic imine (C=N–C) groups is 1. The molecule has 1 aliphatic heterocycles. The fraction of sp³-hybridized carbons (Fsp3) is 0.179. The number of aromatic amines is 2. The van der Waals surface area contributed by atoms with Crippen molar-refractivity contribution >= 4 is 69.4 Å². The highest BCUT2D eigenvalue weighted by atomic mass is 127. The first-order chi connectivity index (χ1) is 18.6. The number of nitrogens with zero attached hydrogens (tertiary/aromatic N) is 3. The van der Waals surface area contributed by atoms with Gasteiger partial charge in [-0.2, -0.15) is 0 Å². The van der Waals surface area contributed by atoms with Crippen molar-refractivity contribution in [3.05, 3.63) is 83.0 Å². The lowest BCUT2D eigenvalue weighted by molar-refractivity contribution is 0.0547. The Morgan fingerprint density at radius 2 is 1.77 bits per heavy atom. The smallest absolute Gasteiger partial charge is 0.443 e. The van der Waals surface area contributed by atoms with Crippen LogP contribution in [0.2, 0.25) is 0 Å². The molecule has 0 saturated carbocycles. The second-order valence-electron chi connectivity index (χ2n) is 9.63. The van der Waals surface area contributed by atoms with E-state index in [4.69, 9.17) is 4.74 Å². The van der Waals surface area contributed by atoms with Crippen LogP contribution in [0.1, 0.15) is 27.2 Å². The maximum absolute atomic E-state index is 12.2. The SMILES string of the molecule is CC(C)(C)OC(=O)n1c(B(O)O)cc2ccccc21.IC1=CCC=N1.c1ccc2[nH]c(-c3cnc[nH]3)cc2c1. The number of carbonyl (C=O) groups excluding carboxylic acids is 1. The average Bonchev–Trinajstić information content (AvgIpc) is 3.69. The Kier molecular flexibility index (Phi) is 9.05. The molecule has 0 atom stereocenters. The van der Waals surface area contributed by atoms with Crippen LogP contribution < -0.4 is 5.59 Å². The summed E-state index contributed by atoms with van der Waals surface area (Å²) < 4.78 is 7.59. The van der Waals surface area contributed by atoms with E-state index in [9.17, 15) is 14.8 Å². The van der Waals surface area contributed by atoms with E-state index in [2.05, 4.69) is 66.8 Å². The van der Waals surface area contributed by atoms with Crippen molar-refractivity contribution < 1.29 is 19.6 Å². The number of hydrogen-bond donors (Lipinski definition) is 4. The van der Waals surface area contributed by atoms with Crippen molar-refractivity contribution in [1.82, 2.24) is 19.5 Å². The second-order valence-corrected chi connectivity index (χ2v) is 10.7. The molecule has 39 heavy (non-hydrogen) atoms. The van der Waals surface area contributed by atoms with Crippen molar-refractivity contribution in [2.45, 2.75) is 32.8 Å². The van der Waals surface area contributed by atoms with Gasteiger partial charge < -0.3 is 24.8 Å². The number of para-hydroxylation sites is 2. The number of allylic oxidation sites excluding steroid dienone is 1. The number of ether oxygens (including phenoxy) is 1. The minimum absolute atomic E-state index is 0.0930. The first-order valence-corrected chi connectivity index (χ1v) is 13.3. The molecule has 0 amide bonds. The third-order valence-corrected chi connectivity index (χ3v) is 6.22. The third-order valence-electron chi connectivity index (χ3n) is 5.50. The number of rotatable bonds is 2. The lowest BCUT2D eigenvalue weighted by atomic mass is 9.86. The van der Waals surface area contributed by atoms with Crippen LogP contribution in [0.4, 0.5) is 4.79 Å². The second kappa shape index (κ2) is 12.5. The Hall–Kier alpha value is -3.68. The van der Waals surface area contributed by atoms with E-state index in [1.54, 1.807) is 51.4 Å². The number of hydrogen-bond acceptors (Lipinski definition) is 6. The van der Waals surface area contributed by atoms with Gasteiger partial charge in [-0.25, -0.2) is 9.78 Å². The maximum Gasteiger partial charge on any atom is 0.506 e. The summed E-state index contributed by atoms with van der Waals surface area (Å²) in [5.74, 6) is 0. The van der Waals surface area contributed by atoms with Gasteiger partial charge in [0.25, 0.3) is 0 Å². The molecule has 2 aromatic carbocycles. The molecule has 200 valence electrons. The molecule has 0 aliphatic carbocycles. The molecule has 6 rings (SSSR count). The lowest BCUT2D eigenvalue weighted by Gasteiger charge is -2.20. The Labute approximate surface area is 239 Å². The van der Waals surface area contributed by atoms with Crippen LogP contribution in [0.5, 0.6) is 0 Å². The van der Waals surface area contributed by atoms with Crippen LogP contribution in [0.15, 0.2) is 88.0 Å². The standard InChI is InChI=1S/C13H16BNO4.C11H9N3.C4H4IN/c1-13(2,3)19-12(16)15-10-7-5-4-6-9(10)8-11(15)14(17)18;1-2-4-9-8(3-1)5-10(14-9)11-6-12-7-13-11;5-4-2-1-3-6-4/h4-8,17-18H,1-3H3;1-7,14H,(H,12,13);2-3H,1H2. The summed E-state index contributed by atoms with van der Waals surface area (Å²) in [6.07, 6.45) is 7.88. The highest BCUT2D eigenvalue weighted by Crippen LogP contribution is 2.21. The molecule has 9 nitrogen and oxygen atoms in total. The van der Waals surface area contributed by atoms with Crippen LogP contribution >= 0.6 is 22.6 Å². The molecule has 4 N–H and O–H groups in total. The van der Waals surface area contributed by atoms with Crippen LogP contribution in [-0.2, 0) is 4.74 Å². The highest BCUT2D eigenvalue weighted by Gasteiger charge is 2.26. The number of fused-ring (bicyclic) bond motifs is 2. The quantitative estimate of drug-likeness (QED) is 0.117. The summed E-state index contributed by atoms with van der Waals surface area (Å²) in [5, 5.41) is 20.7. The first kappa shape index (κ1) is 28.3. The van der Waals surface area contributed by atoms with Crippen molar-refractivity contribution in [3.63, 3.8) is 0 Å². The average molecular weight is 637 g/mol. The van der Waals surface area contributed by atoms with Gasteiger partial charge in [0.15, 0.2) is 0 Å². The van der Waals surface area contributed by atoms with Crippen molar-refractivity contribution in [2.75, 3.05) is 0 Å². The largest absolute Gasteiger partial charge is 0.506 e. The van der Waals surface area contributed by atoms with Crippen LogP contribution in [0, 0.1) is 0 Å². The third kappa shape index (κ3) is 7.46. The molecule has 0 unspecified atom stereocenters. The van der Waals surface area contributed by atoms with Crippen LogP contribution in [0.3, 0.4) is 0 Å². The summed E-state index contributed by atoms with van der Waals surface area (Å²) in [5.41, 5.74) is 3.26. The summed E-state index contributed by atoms with van der Waals surface area (Å²) in [4.78, 5) is 26.5. The van der Waals surface area contributed by atoms with Gasteiger partial charge in [0.1, 0.15) is 5.60 Å². The lowest BCUT2D eigenvalue weighted by Crippen LogP contribution is -2.40. The number of carbonyl (C=O) groups is 1. The Morgan fingerprint density at radius 1 is 1.05 bits per heavy atom. The number of H-pyrrole nitrogens is 2. The van der Waals surface area contributed by atoms with Gasteiger partial charge in [-0.3, -0.25) is 9.56 Å². The van der Waals surface area contributed by atoms with Crippen molar-refractivity contribution in [2.24, 2.45) is 4.99 Å². The Bertz CT molecular complexity index is 1580. The highest BCUT2D eigenvalue weighted by molar-refractivity contribution is 14.1. The molecule has 5 aromatic rings. The molecular weight excluding hydrogens is 608 g/mol. The van der Waals surface area contributed by atoms with Gasteiger partial charge in [0, 0.05) is 23.5 Å². The number of aromatic nitrogens is 4. The molecule has 0 spiro atoms. The van der Waals surface area contributed by atoms with E-state index in [1.807, 2.05) is 30.6 Å². The van der Waals surface area contributed by atoms with E-state index in [1.165, 1.54) is 9.95 Å². The summed E-state index contributed by atoms with van der Waals surface area (Å²) in [6.45, 7) is 5.27. The van der Waals surface area contributed by atoms with Crippen molar-refractivity contribution in [3.8, 4) is 11.4 Å². The van der Waals surface area contributed by atoms with Gasteiger partial charge in [0.2, 0.25) is 0 Å². The predicted molar refractivity (Wildman–Crippen MR) is 164 cm³/mol. The van der Waals surface area contributed by atoms with E-state index in [0.717, 1.165) is 32.4 Å². The zero-order valence-electron chi connectivity index (χ0n) is 21.8. The summed E-state index contributed by atoms with van der Waals surface area (Å²) in [7, 11) is -1.74. The molecule has 1 aliphatic rings. The fourth-order valence-electron chi connectivity index (χ4n) is 3.84. The van der Waals surface area contributed by atoms with Crippen LogP contribution in [-0.4, -0.2) is 54.6 Å². The normalized spacial score (nSPS) is 12.4. The molecule has 4 heterocycles. The zero-order chi connectivity index (χ0) is 28.0. The van der Waals surface area contributed by atoms with Gasteiger partial charge in [-0.05, 0) is 79.1 Å². The van der Waals surface area contributed by atoms with E-state index in [0.29, 0.717) is 5.52 Å². The number of imidazole rings is 1. The fourth-order valence-corrected chi connectivity index (χ4v) is 4.29. The van der Waals surface area contributed by atoms with Gasteiger partial charge in [-0.15, -0.1) is 0 Å². The number of benzene rings is 2. The van der Waals surface area contributed by atoms with E-state index in [-0.39, 0.29) is 5.59 Å². The first-order valence-electron chi connectivity index (χ1n) is 12.3. The predicted octanol–water partition coefficient (Wildman–Crippen LogP) is 5.40. The van der Waals surface area contributed by atoms with E-state index < -0.39 is 18.8 Å². The van der Waals surface area contributed by atoms with E-state index >= 15 is 0 Å². The summed E-state index contributed by atoms with van der Waals surface area (Å²) in [6, 6.07) is 19.0. The minimum atomic E-state index is -1.74. The molecule has 11 heteroatoms. The monoisotopic (exact) mass is 637 g/mol.